The molecule has 14 rings (SSSR count). The molecule has 0 unspecified atom stereocenters. The average molecular weight is 853 g/mol. The van der Waals surface area contributed by atoms with Gasteiger partial charge in [0.2, 0.25) is 0 Å². The molecule has 9 aromatic carbocycles. The lowest BCUT2D eigenvalue weighted by Gasteiger charge is -2.46. The van der Waals surface area contributed by atoms with Crippen LogP contribution in [0, 0.1) is 6.92 Å². The molecule has 0 radical (unpaired) electrons. The van der Waals surface area contributed by atoms with Crippen molar-refractivity contribution in [3.8, 4) is 22.3 Å². The fraction of sp³-hybridized carbons (Fsp3) is 0.133. The summed E-state index contributed by atoms with van der Waals surface area (Å²) >= 11 is 1.89. The van der Waals surface area contributed by atoms with E-state index in [2.05, 4.69) is 215 Å². The van der Waals surface area contributed by atoms with Crippen LogP contribution in [0.15, 0.2) is 168 Å². The maximum atomic E-state index is 7.14. The quantitative estimate of drug-likeness (QED) is 0.162. The smallest absolute Gasteiger partial charge is 0.333 e. The second-order valence-corrected chi connectivity index (χ2v) is 21.2. The van der Waals surface area contributed by atoms with Crippen molar-refractivity contribution in [2.45, 2.75) is 52.4 Å². The Morgan fingerprint density at radius 1 is 0.554 bits per heavy atom. The standard InChI is InChI=1S/C60H45BN2OS/c1-34-27-37(59(2,3)4)23-26-49(34)62-51-33-55-43(42-19-11-14-22-54(42)65-55)31-48(51)61-57-52(62)32-44-41-18-10-13-21-53(41)64-58(44)56(57)45-28-35-15-7-8-16-36(35)29-50(45)63(61)38-24-25-40-39-17-9-12-20-46(39)60(5,6)47(40)30-38/h7-33H,1-6H3. The van der Waals surface area contributed by atoms with Gasteiger partial charge in [0.25, 0.3) is 0 Å². The Morgan fingerprint density at radius 3 is 2.12 bits per heavy atom. The third kappa shape index (κ3) is 5.02. The predicted molar refractivity (Wildman–Crippen MR) is 279 cm³/mol. The number of hydrogen-bond donors (Lipinski definition) is 0. The van der Waals surface area contributed by atoms with Gasteiger partial charge < -0.3 is 14.1 Å². The van der Waals surface area contributed by atoms with E-state index in [-0.39, 0.29) is 17.7 Å². The number of thiophene rings is 1. The molecule has 1 aliphatic carbocycles. The summed E-state index contributed by atoms with van der Waals surface area (Å²) < 4.78 is 9.74. The number of anilines is 5. The summed E-state index contributed by atoms with van der Waals surface area (Å²) in [5.74, 6) is 0. The van der Waals surface area contributed by atoms with E-state index in [9.17, 15) is 0 Å². The number of hydrogen-bond acceptors (Lipinski definition) is 4. The molecular weight excluding hydrogens is 808 g/mol. The minimum atomic E-state index is -0.181. The van der Waals surface area contributed by atoms with Crippen molar-refractivity contribution >= 4 is 110 Å². The second kappa shape index (κ2) is 12.8. The van der Waals surface area contributed by atoms with Crippen LogP contribution in [0.5, 0.6) is 0 Å². The monoisotopic (exact) mass is 852 g/mol. The lowest BCUT2D eigenvalue weighted by molar-refractivity contribution is 0.590. The van der Waals surface area contributed by atoms with E-state index in [0.29, 0.717) is 0 Å². The first-order chi connectivity index (χ1) is 31.5. The van der Waals surface area contributed by atoms with E-state index in [1.807, 2.05) is 11.3 Å². The van der Waals surface area contributed by atoms with Gasteiger partial charge in [-0.2, -0.15) is 0 Å². The Labute approximate surface area is 383 Å². The molecule has 5 heteroatoms. The summed E-state index contributed by atoms with van der Waals surface area (Å²) in [5.41, 5.74) is 20.6. The lowest BCUT2D eigenvalue weighted by atomic mass is 9.43. The van der Waals surface area contributed by atoms with Crippen molar-refractivity contribution in [3.05, 3.63) is 186 Å². The lowest BCUT2D eigenvalue weighted by Crippen LogP contribution is -2.61. The van der Waals surface area contributed by atoms with Gasteiger partial charge in [0.05, 0.1) is 0 Å². The normalized spacial score (nSPS) is 14.6. The zero-order chi connectivity index (χ0) is 43.7. The van der Waals surface area contributed by atoms with Crippen LogP contribution in [-0.4, -0.2) is 6.85 Å². The molecule has 0 atom stereocenters. The highest BCUT2D eigenvalue weighted by atomic mass is 32.1. The molecule has 2 aliphatic heterocycles. The molecule has 0 saturated heterocycles. The van der Waals surface area contributed by atoms with Crippen molar-refractivity contribution in [3.63, 3.8) is 0 Å². The van der Waals surface area contributed by atoms with Crippen LogP contribution in [0.2, 0.25) is 0 Å². The molecule has 2 aromatic heterocycles. The molecule has 3 nitrogen and oxygen atoms in total. The van der Waals surface area contributed by atoms with Gasteiger partial charge in [-0.05, 0) is 122 Å². The predicted octanol–water partition coefficient (Wildman–Crippen LogP) is 15.7. The van der Waals surface area contributed by atoms with E-state index in [1.54, 1.807) is 0 Å². The van der Waals surface area contributed by atoms with Crippen LogP contribution in [-0.2, 0) is 10.8 Å². The largest absolute Gasteiger partial charge is 0.455 e. The van der Waals surface area contributed by atoms with Crippen LogP contribution >= 0.6 is 11.3 Å². The summed E-state index contributed by atoms with van der Waals surface area (Å²) in [6.45, 7) is 13.8. The molecule has 0 amide bonds. The van der Waals surface area contributed by atoms with Crippen molar-refractivity contribution in [2.75, 3.05) is 9.71 Å². The molecular formula is C60H45BN2OS. The Bertz CT molecular complexity index is 3900. The van der Waals surface area contributed by atoms with E-state index in [0.717, 1.165) is 21.9 Å². The molecule has 65 heavy (non-hydrogen) atoms. The van der Waals surface area contributed by atoms with Gasteiger partial charge in [-0.15, -0.1) is 11.3 Å². The van der Waals surface area contributed by atoms with Crippen LogP contribution in [0.4, 0.5) is 28.4 Å². The maximum absolute atomic E-state index is 7.14. The van der Waals surface area contributed by atoms with Crippen LogP contribution in [0.3, 0.4) is 0 Å². The zero-order valence-electron chi connectivity index (χ0n) is 37.4. The minimum Gasteiger partial charge on any atom is -0.455 e. The topological polar surface area (TPSA) is 19.6 Å². The molecule has 0 fully saturated rings. The number of aryl methyl sites for hydroxylation is 1. The molecule has 0 bridgehead atoms. The van der Waals surface area contributed by atoms with Gasteiger partial charge in [0, 0.05) is 75.9 Å². The Balaban J connectivity index is 1.16. The Kier molecular flexibility index (Phi) is 7.35. The molecule has 0 N–H and O–H groups in total. The van der Waals surface area contributed by atoms with Gasteiger partial charge in [0.1, 0.15) is 11.2 Å². The van der Waals surface area contributed by atoms with Gasteiger partial charge in [-0.3, -0.25) is 0 Å². The summed E-state index contributed by atoms with van der Waals surface area (Å²) in [4.78, 5) is 5.29. The first-order valence-corrected chi connectivity index (χ1v) is 23.8. The Hall–Kier alpha value is -7.08. The van der Waals surface area contributed by atoms with Crippen molar-refractivity contribution in [2.24, 2.45) is 0 Å². The summed E-state index contributed by atoms with van der Waals surface area (Å²) in [5, 5.41) is 7.31. The number of fused-ring (bicyclic) bond motifs is 15. The highest BCUT2D eigenvalue weighted by molar-refractivity contribution is 7.26. The van der Waals surface area contributed by atoms with E-state index >= 15 is 0 Å². The van der Waals surface area contributed by atoms with E-state index in [4.69, 9.17) is 4.42 Å². The average Bonchev–Trinajstić information content (AvgIpc) is 3.94. The van der Waals surface area contributed by atoms with E-state index in [1.165, 1.54) is 115 Å². The number of rotatable bonds is 2. The SMILES string of the molecule is Cc1cc(C(C)(C)C)ccc1N1c2cc3sc4ccccc4c3cc2B2c3c1cc1c(oc4ccccc41)c3-c1cc3ccccc3cc1N2c1ccc2c(c1)C(C)(C)c1ccccc1-2. The number of nitrogens with zero attached hydrogens (tertiary/aromatic N) is 2. The maximum Gasteiger partial charge on any atom is 0.333 e. The first-order valence-electron chi connectivity index (χ1n) is 22.9. The summed E-state index contributed by atoms with van der Waals surface area (Å²) in [6.07, 6.45) is 0. The van der Waals surface area contributed by atoms with Gasteiger partial charge in [-0.1, -0.05) is 144 Å². The van der Waals surface area contributed by atoms with E-state index < -0.39 is 0 Å². The molecule has 0 spiro atoms. The summed E-state index contributed by atoms with van der Waals surface area (Å²) in [6, 6.07) is 62.2. The molecule has 0 saturated carbocycles. The third-order valence-corrected chi connectivity index (χ3v) is 16.2. The first kappa shape index (κ1) is 37.3. The highest BCUT2D eigenvalue weighted by Crippen LogP contribution is 2.55. The highest BCUT2D eigenvalue weighted by Gasteiger charge is 2.48. The molecule has 11 aromatic rings. The Morgan fingerprint density at radius 2 is 1.29 bits per heavy atom. The number of benzene rings is 9. The van der Waals surface area contributed by atoms with Crippen molar-refractivity contribution < 1.29 is 4.42 Å². The van der Waals surface area contributed by atoms with Gasteiger partial charge >= 0.3 is 6.85 Å². The van der Waals surface area contributed by atoms with Crippen LogP contribution in [0.1, 0.15) is 56.9 Å². The minimum absolute atomic E-state index is 0.0179. The fourth-order valence-corrected chi connectivity index (χ4v) is 13.0. The van der Waals surface area contributed by atoms with Gasteiger partial charge in [-0.25, -0.2) is 0 Å². The van der Waals surface area contributed by atoms with Gasteiger partial charge in [0.15, 0.2) is 0 Å². The third-order valence-electron chi connectivity index (χ3n) is 15.1. The van der Waals surface area contributed by atoms with Crippen molar-refractivity contribution in [1.82, 2.24) is 0 Å². The molecule has 3 aliphatic rings. The van der Waals surface area contributed by atoms with Crippen LogP contribution < -0.4 is 20.6 Å². The zero-order valence-corrected chi connectivity index (χ0v) is 38.2. The fourth-order valence-electron chi connectivity index (χ4n) is 11.9. The summed E-state index contributed by atoms with van der Waals surface area (Å²) in [7, 11) is 0. The molecule has 310 valence electrons. The van der Waals surface area contributed by atoms with Crippen LogP contribution in [0.25, 0.3) is 75.1 Å². The number of furan rings is 1. The second-order valence-electron chi connectivity index (χ2n) is 20.1. The molecule has 4 heterocycles. The number of para-hydroxylation sites is 1. The van der Waals surface area contributed by atoms with Crippen molar-refractivity contribution in [1.29, 1.82) is 0 Å².